The molecule has 24 heavy (non-hydrogen) atoms. The van der Waals surface area contributed by atoms with Crippen molar-refractivity contribution in [1.29, 1.82) is 0 Å². The quantitative estimate of drug-likeness (QED) is 0.696. The van der Waals surface area contributed by atoms with Gasteiger partial charge in [0.2, 0.25) is 0 Å². The van der Waals surface area contributed by atoms with Gasteiger partial charge in [-0.1, -0.05) is 12.1 Å². The Morgan fingerprint density at radius 2 is 2.17 bits per heavy atom. The first-order chi connectivity index (χ1) is 11.5. The number of nitrogens with zero attached hydrogens (tertiary/aromatic N) is 1. The van der Waals surface area contributed by atoms with Crippen LogP contribution >= 0.6 is 22.9 Å². The van der Waals surface area contributed by atoms with Crippen LogP contribution in [-0.4, -0.2) is 23.0 Å². The van der Waals surface area contributed by atoms with Gasteiger partial charge in [0, 0.05) is 0 Å². The summed E-state index contributed by atoms with van der Waals surface area (Å²) in [5.74, 6) is 0.731. The number of aromatic nitrogens is 2. The van der Waals surface area contributed by atoms with Gasteiger partial charge in [0.1, 0.15) is 16.4 Å². The first-order valence-corrected chi connectivity index (χ1v) is 8.43. The number of H-pyrrole nitrogens is 1. The van der Waals surface area contributed by atoms with Crippen LogP contribution in [0, 0.1) is 6.92 Å². The van der Waals surface area contributed by atoms with Gasteiger partial charge in [-0.05, 0) is 24.6 Å². The second-order valence-electron chi connectivity index (χ2n) is 5.04. The molecule has 124 valence electrons. The van der Waals surface area contributed by atoms with Crippen LogP contribution in [0.3, 0.4) is 0 Å². The summed E-state index contributed by atoms with van der Waals surface area (Å²) < 4.78 is 5.23. The number of fused-ring (bicyclic) bond motifs is 1. The van der Waals surface area contributed by atoms with Crippen molar-refractivity contribution in [3.63, 3.8) is 0 Å². The lowest BCUT2D eigenvalue weighted by Gasteiger charge is -2.09. The fourth-order valence-corrected chi connectivity index (χ4v) is 3.62. The number of anilines is 1. The molecule has 1 amide bonds. The van der Waals surface area contributed by atoms with Crippen LogP contribution in [-0.2, 0) is 5.88 Å². The summed E-state index contributed by atoms with van der Waals surface area (Å²) in [4.78, 5) is 32.6. The molecule has 0 aliphatic rings. The number of carbonyl (C=O) groups excluding carboxylic acids is 1. The molecule has 0 saturated heterocycles. The zero-order valence-corrected chi connectivity index (χ0v) is 14.5. The van der Waals surface area contributed by atoms with Gasteiger partial charge in [0.15, 0.2) is 0 Å². The van der Waals surface area contributed by atoms with E-state index < -0.39 is 0 Å². The second-order valence-corrected chi connectivity index (χ2v) is 6.30. The van der Waals surface area contributed by atoms with E-state index >= 15 is 0 Å². The molecular weight excluding hydrogens is 350 g/mol. The molecule has 0 aliphatic carbocycles. The Morgan fingerprint density at radius 3 is 2.88 bits per heavy atom. The number of aromatic amines is 1. The Labute approximate surface area is 146 Å². The van der Waals surface area contributed by atoms with Crippen LogP contribution in [0.2, 0.25) is 0 Å². The molecule has 0 aliphatic heterocycles. The maximum atomic E-state index is 12.6. The number of nitrogens with one attached hydrogen (secondary N) is 2. The van der Waals surface area contributed by atoms with Crippen LogP contribution in [0.25, 0.3) is 10.2 Å². The minimum Gasteiger partial charge on any atom is -0.495 e. The first kappa shape index (κ1) is 16.5. The maximum Gasteiger partial charge on any atom is 0.266 e. The minimum atomic E-state index is -0.313. The zero-order valence-electron chi connectivity index (χ0n) is 13.0. The number of rotatable bonds is 4. The van der Waals surface area contributed by atoms with Crippen LogP contribution in [0.4, 0.5) is 5.69 Å². The van der Waals surface area contributed by atoms with Gasteiger partial charge >= 0.3 is 0 Å². The van der Waals surface area contributed by atoms with Crippen molar-refractivity contribution < 1.29 is 9.53 Å². The molecule has 2 heterocycles. The van der Waals surface area contributed by atoms with E-state index in [2.05, 4.69) is 15.3 Å². The van der Waals surface area contributed by atoms with Gasteiger partial charge in [-0.3, -0.25) is 9.59 Å². The Kier molecular flexibility index (Phi) is 4.55. The lowest BCUT2D eigenvalue weighted by atomic mass is 10.2. The van der Waals surface area contributed by atoms with E-state index in [9.17, 15) is 9.59 Å². The molecule has 0 unspecified atom stereocenters. The summed E-state index contributed by atoms with van der Waals surface area (Å²) in [6, 6.07) is 7.12. The van der Waals surface area contributed by atoms with Gasteiger partial charge < -0.3 is 15.0 Å². The molecule has 6 nitrogen and oxygen atoms in total. The highest BCUT2D eigenvalue weighted by Crippen LogP contribution is 2.29. The fourth-order valence-electron chi connectivity index (χ4n) is 2.40. The van der Waals surface area contributed by atoms with Gasteiger partial charge in [0.25, 0.3) is 11.5 Å². The highest BCUT2D eigenvalue weighted by atomic mass is 35.5. The van der Waals surface area contributed by atoms with Crippen molar-refractivity contribution in [2.45, 2.75) is 12.8 Å². The van der Waals surface area contributed by atoms with Crippen molar-refractivity contribution >= 4 is 44.7 Å². The van der Waals surface area contributed by atoms with Crippen molar-refractivity contribution in [3.05, 3.63) is 50.9 Å². The predicted molar refractivity (Wildman–Crippen MR) is 95.5 cm³/mol. The smallest absolute Gasteiger partial charge is 0.266 e. The highest BCUT2D eigenvalue weighted by molar-refractivity contribution is 7.20. The lowest BCUT2D eigenvalue weighted by Crippen LogP contribution is -2.13. The van der Waals surface area contributed by atoms with Crippen molar-refractivity contribution in [3.8, 4) is 5.75 Å². The van der Waals surface area contributed by atoms with Gasteiger partial charge in [-0.25, -0.2) is 4.98 Å². The summed E-state index contributed by atoms with van der Waals surface area (Å²) in [7, 11) is 1.53. The van der Waals surface area contributed by atoms with Crippen molar-refractivity contribution in [2.24, 2.45) is 0 Å². The molecule has 8 heteroatoms. The van der Waals surface area contributed by atoms with Crippen LogP contribution in [0.5, 0.6) is 5.75 Å². The number of ether oxygens (including phenoxy) is 1. The van der Waals surface area contributed by atoms with E-state index in [-0.39, 0.29) is 17.3 Å². The number of benzene rings is 1. The molecule has 0 spiro atoms. The monoisotopic (exact) mass is 363 g/mol. The SMILES string of the molecule is COc1ccccc1NC(=O)c1sc2nc(CCl)[nH]c(=O)c2c1C. The molecule has 0 atom stereocenters. The molecule has 0 saturated carbocycles. The van der Waals surface area contributed by atoms with Gasteiger partial charge in [-0.2, -0.15) is 0 Å². The summed E-state index contributed by atoms with van der Waals surface area (Å²) in [5, 5.41) is 3.22. The number of para-hydroxylation sites is 2. The molecule has 0 radical (unpaired) electrons. The third kappa shape index (κ3) is 2.88. The summed E-state index contributed by atoms with van der Waals surface area (Å²) in [6.45, 7) is 1.73. The predicted octanol–water partition coefficient (Wildman–Crippen LogP) is 3.29. The first-order valence-electron chi connectivity index (χ1n) is 7.07. The number of alkyl halides is 1. The largest absolute Gasteiger partial charge is 0.495 e. The Balaban J connectivity index is 2.03. The topological polar surface area (TPSA) is 84.1 Å². The Hall–Kier alpha value is -2.38. The maximum absolute atomic E-state index is 12.6. The average molecular weight is 364 g/mol. The Bertz CT molecular complexity index is 980. The third-order valence-corrected chi connectivity index (χ3v) is 4.98. The van der Waals surface area contributed by atoms with Gasteiger partial charge in [-0.15, -0.1) is 22.9 Å². The molecule has 1 aromatic carbocycles. The zero-order chi connectivity index (χ0) is 17.3. The summed E-state index contributed by atoms with van der Waals surface area (Å²) in [6.07, 6.45) is 0. The lowest BCUT2D eigenvalue weighted by molar-refractivity contribution is 0.102. The molecule has 2 aromatic heterocycles. The fraction of sp³-hybridized carbons (Fsp3) is 0.188. The number of thiophene rings is 1. The van der Waals surface area contributed by atoms with Crippen LogP contribution in [0.15, 0.2) is 29.1 Å². The second kappa shape index (κ2) is 6.62. The number of carbonyl (C=O) groups is 1. The number of aryl methyl sites for hydroxylation is 1. The molecular formula is C16H14ClN3O3S. The molecule has 0 bridgehead atoms. The van der Waals surface area contributed by atoms with Crippen molar-refractivity contribution in [1.82, 2.24) is 9.97 Å². The normalized spacial score (nSPS) is 10.8. The standard InChI is InChI=1S/C16H14ClN3O3S/c1-8-12-14(21)19-11(7-17)20-16(12)24-13(8)15(22)18-9-5-3-4-6-10(9)23-2/h3-6H,7H2,1-2H3,(H,18,22)(H,19,20,21). The number of hydrogen-bond acceptors (Lipinski definition) is 5. The molecule has 3 rings (SSSR count). The average Bonchev–Trinajstić information content (AvgIpc) is 2.92. The van der Waals surface area contributed by atoms with Crippen LogP contribution < -0.4 is 15.6 Å². The number of hydrogen-bond donors (Lipinski definition) is 2. The van der Waals surface area contributed by atoms with E-state index in [0.29, 0.717) is 37.9 Å². The third-order valence-electron chi connectivity index (χ3n) is 3.54. The number of amides is 1. The number of methoxy groups -OCH3 is 1. The highest BCUT2D eigenvalue weighted by Gasteiger charge is 2.20. The van der Waals surface area contributed by atoms with E-state index in [0.717, 1.165) is 0 Å². The molecule has 3 aromatic rings. The van der Waals surface area contributed by atoms with Crippen LogP contribution in [0.1, 0.15) is 21.1 Å². The summed E-state index contributed by atoms with van der Waals surface area (Å²) in [5.41, 5.74) is 0.864. The van der Waals surface area contributed by atoms with E-state index in [1.54, 1.807) is 25.1 Å². The van der Waals surface area contributed by atoms with Crippen molar-refractivity contribution in [2.75, 3.05) is 12.4 Å². The molecule has 2 N–H and O–H groups in total. The molecule has 0 fully saturated rings. The van der Waals surface area contributed by atoms with E-state index in [1.165, 1.54) is 18.4 Å². The summed E-state index contributed by atoms with van der Waals surface area (Å²) >= 11 is 6.89. The minimum absolute atomic E-state index is 0.102. The Morgan fingerprint density at radius 1 is 1.42 bits per heavy atom. The van der Waals surface area contributed by atoms with E-state index in [4.69, 9.17) is 16.3 Å². The van der Waals surface area contributed by atoms with E-state index in [1.807, 2.05) is 6.07 Å². The van der Waals surface area contributed by atoms with Gasteiger partial charge in [0.05, 0.1) is 28.9 Å². The number of halogens is 1.